The zero-order valence-electron chi connectivity index (χ0n) is 14.0. The summed E-state index contributed by atoms with van der Waals surface area (Å²) >= 11 is 0. The van der Waals surface area contributed by atoms with Gasteiger partial charge in [0.05, 0.1) is 5.69 Å². The van der Waals surface area contributed by atoms with Gasteiger partial charge in [-0.25, -0.2) is 14.8 Å². The first-order valence-electron chi connectivity index (χ1n) is 8.23. The number of aryl methyl sites for hydroxylation is 1. The maximum Gasteiger partial charge on any atom is 0.373 e. The number of hydrogen-bond acceptors (Lipinski definition) is 3. The lowest BCUT2D eigenvalue weighted by atomic mass is 9.96. The number of carboxylic acid groups (broad SMARTS) is 1. The summed E-state index contributed by atoms with van der Waals surface area (Å²) in [7, 11) is 0. The van der Waals surface area contributed by atoms with E-state index in [9.17, 15) is 4.79 Å². The van der Waals surface area contributed by atoms with E-state index in [0.29, 0.717) is 5.92 Å². The monoisotopic (exact) mass is 312 g/mol. The molecule has 0 spiro atoms. The Hall–Kier alpha value is -2.23. The van der Waals surface area contributed by atoms with Gasteiger partial charge in [-0.15, -0.1) is 0 Å². The fourth-order valence-electron chi connectivity index (χ4n) is 2.56. The summed E-state index contributed by atoms with van der Waals surface area (Å²) in [5.41, 5.74) is 3.97. The molecule has 122 valence electrons. The lowest BCUT2D eigenvalue weighted by Crippen LogP contribution is -2.07. The minimum absolute atomic E-state index is 0.150. The van der Waals surface area contributed by atoms with E-state index in [1.54, 1.807) is 6.20 Å². The summed E-state index contributed by atoms with van der Waals surface area (Å²) in [6.07, 6.45) is 5.67. The van der Waals surface area contributed by atoms with E-state index >= 15 is 0 Å². The maximum absolute atomic E-state index is 11.1. The van der Waals surface area contributed by atoms with Crippen LogP contribution in [0.25, 0.3) is 11.3 Å². The second-order valence-corrected chi connectivity index (χ2v) is 6.04. The highest BCUT2D eigenvalue weighted by Crippen LogP contribution is 2.24. The van der Waals surface area contributed by atoms with Gasteiger partial charge in [-0.2, -0.15) is 0 Å². The van der Waals surface area contributed by atoms with E-state index in [2.05, 4.69) is 42.9 Å². The molecule has 0 amide bonds. The third kappa shape index (κ3) is 4.38. The van der Waals surface area contributed by atoms with Crippen molar-refractivity contribution in [2.75, 3.05) is 0 Å². The van der Waals surface area contributed by atoms with Crippen LogP contribution in [0.5, 0.6) is 0 Å². The molecule has 0 fully saturated rings. The first kappa shape index (κ1) is 17.1. The topological polar surface area (TPSA) is 63.1 Å². The molecule has 0 bridgehead atoms. The van der Waals surface area contributed by atoms with E-state index in [-0.39, 0.29) is 5.82 Å². The lowest BCUT2D eigenvalue weighted by Gasteiger charge is -2.11. The predicted molar refractivity (Wildman–Crippen MR) is 91.6 cm³/mol. The summed E-state index contributed by atoms with van der Waals surface area (Å²) in [6, 6.07) is 8.29. The van der Waals surface area contributed by atoms with Crippen LogP contribution in [0, 0.1) is 5.92 Å². The SMILES string of the molecule is CCCc1cnc(C(=O)O)nc1-c1ccc(C[C@@H](C)CC)cc1. The fourth-order valence-corrected chi connectivity index (χ4v) is 2.56. The van der Waals surface area contributed by atoms with Gasteiger partial charge in [-0.1, -0.05) is 57.9 Å². The van der Waals surface area contributed by atoms with Crippen LogP contribution >= 0.6 is 0 Å². The minimum Gasteiger partial charge on any atom is -0.475 e. The standard InChI is InChI=1S/C19H24N2O2/c1-4-6-16-12-20-18(19(22)23)21-17(16)15-9-7-14(8-10-15)11-13(3)5-2/h7-10,12-13H,4-6,11H2,1-3H3,(H,22,23)/t13-/m0/s1. The molecule has 0 saturated carbocycles. The molecule has 2 rings (SSSR count). The van der Waals surface area contributed by atoms with E-state index in [1.807, 2.05) is 12.1 Å². The Labute approximate surface area is 137 Å². The Morgan fingerprint density at radius 2 is 1.91 bits per heavy atom. The van der Waals surface area contributed by atoms with Crippen molar-refractivity contribution < 1.29 is 9.90 Å². The van der Waals surface area contributed by atoms with Crippen LogP contribution in [-0.4, -0.2) is 21.0 Å². The number of carbonyl (C=O) groups is 1. The Kier molecular flexibility index (Phi) is 5.85. The van der Waals surface area contributed by atoms with Crippen molar-refractivity contribution in [3.05, 3.63) is 47.4 Å². The van der Waals surface area contributed by atoms with Crippen LogP contribution in [0.15, 0.2) is 30.5 Å². The highest BCUT2D eigenvalue weighted by molar-refractivity contribution is 5.84. The molecule has 0 radical (unpaired) electrons. The Balaban J connectivity index is 2.35. The van der Waals surface area contributed by atoms with Crippen LogP contribution in [0.1, 0.15) is 55.4 Å². The van der Waals surface area contributed by atoms with Crippen LogP contribution in [-0.2, 0) is 12.8 Å². The molecule has 4 heteroatoms. The summed E-state index contributed by atoms with van der Waals surface area (Å²) in [6.45, 7) is 6.53. The maximum atomic E-state index is 11.1. The molecule has 23 heavy (non-hydrogen) atoms. The molecule has 4 nitrogen and oxygen atoms in total. The zero-order chi connectivity index (χ0) is 16.8. The first-order valence-corrected chi connectivity index (χ1v) is 8.23. The fraction of sp³-hybridized carbons (Fsp3) is 0.421. The Morgan fingerprint density at radius 1 is 1.22 bits per heavy atom. The molecular formula is C19H24N2O2. The van der Waals surface area contributed by atoms with Crippen molar-refractivity contribution in [3.8, 4) is 11.3 Å². The van der Waals surface area contributed by atoms with E-state index in [0.717, 1.165) is 42.5 Å². The quantitative estimate of drug-likeness (QED) is 0.824. The molecule has 1 aromatic carbocycles. The highest BCUT2D eigenvalue weighted by atomic mass is 16.4. The highest BCUT2D eigenvalue weighted by Gasteiger charge is 2.13. The number of hydrogen-bond donors (Lipinski definition) is 1. The van der Waals surface area contributed by atoms with Crippen LogP contribution in [0.4, 0.5) is 0 Å². The number of aromatic carboxylic acids is 1. The molecule has 0 unspecified atom stereocenters. The molecule has 1 heterocycles. The minimum atomic E-state index is -1.09. The van der Waals surface area contributed by atoms with Crippen LogP contribution < -0.4 is 0 Å². The number of carboxylic acids is 1. The van der Waals surface area contributed by atoms with Crippen molar-refractivity contribution >= 4 is 5.97 Å². The largest absolute Gasteiger partial charge is 0.475 e. The molecule has 1 atom stereocenters. The predicted octanol–water partition coefficient (Wildman–Crippen LogP) is 4.38. The van der Waals surface area contributed by atoms with Gasteiger partial charge in [0.1, 0.15) is 0 Å². The molecule has 2 aromatic rings. The van der Waals surface area contributed by atoms with Crippen molar-refractivity contribution in [3.63, 3.8) is 0 Å². The average molecular weight is 312 g/mol. The zero-order valence-corrected chi connectivity index (χ0v) is 14.0. The summed E-state index contributed by atoms with van der Waals surface area (Å²) in [5.74, 6) is -0.583. The van der Waals surface area contributed by atoms with Crippen molar-refractivity contribution in [2.45, 2.75) is 46.5 Å². The van der Waals surface area contributed by atoms with Crippen molar-refractivity contribution in [1.29, 1.82) is 0 Å². The summed E-state index contributed by atoms with van der Waals surface area (Å²) in [4.78, 5) is 19.3. The Bertz CT molecular complexity index is 666. The molecule has 0 aliphatic rings. The van der Waals surface area contributed by atoms with Gasteiger partial charge >= 0.3 is 5.97 Å². The molecule has 1 N–H and O–H groups in total. The number of benzene rings is 1. The van der Waals surface area contributed by atoms with Gasteiger partial charge in [0.25, 0.3) is 0 Å². The number of aromatic nitrogens is 2. The average Bonchev–Trinajstić information content (AvgIpc) is 2.56. The second-order valence-electron chi connectivity index (χ2n) is 6.04. The molecule has 0 aliphatic carbocycles. The molecule has 1 aromatic heterocycles. The molecule has 0 saturated heterocycles. The third-order valence-electron chi connectivity index (χ3n) is 4.08. The Morgan fingerprint density at radius 3 is 2.48 bits per heavy atom. The van der Waals surface area contributed by atoms with Crippen LogP contribution in [0.2, 0.25) is 0 Å². The first-order chi connectivity index (χ1) is 11.0. The van der Waals surface area contributed by atoms with Gasteiger partial charge < -0.3 is 5.11 Å². The van der Waals surface area contributed by atoms with E-state index in [4.69, 9.17) is 5.11 Å². The van der Waals surface area contributed by atoms with Crippen molar-refractivity contribution in [2.24, 2.45) is 5.92 Å². The third-order valence-corrected chi connectivity index (χ3v) is 4.08. The molecule has 0 aliphatic heterocycles. The van der Waals surface area contributed by atoms with Gasteiger partial charge in [0, 0.05) is 11.8 Å². The number of rotatable bonds is 7. The normalized spacial score (nSPS) is 12.1. The van der Waals surface area contributed by atoms with Crippen molar-refractivity contribution in [1.82, 2.24) is 9.97 Å². The van der Waals surface area contributed by atoms with E-state index in [1.165, 1.54) is 5.56 Å². The van der Waals surface area contributed by atoms with E-state index < -0.39 is 5.97 Å². The second kappa shape index (κ2) is 7.86. The summed E-state index contributed by atoms with van der Waals surface area (Å²) < 4.78 is 0. The summed E-state index contributed by atoms with van der Waals surface area (Å²) in [5, 5.41) is 9.12. The van der Waals surface area contributed by atoms with Gasteiger partial charge in [-0.3, -0.25) is 0 Å². The smallest absolute Gasteiger partial charge is 0.373 e. The number of nitrogens with zero attached hydrogens (tertiary/aromatic N) is 2. The van der Waals surface area contributed by atoms with Gasteiger partial charge in [0.15, 0.2) is 0 Å². The van der Waals surface area contributed by atoms with Gasteiger partial charge in [-0.05, 0) is 29.9 Å². The van der Waals surface area contributed by atoms with Gasteiger partial charge in [0.2, 0.25) is 5.82 Å². The lowest BCUT2D eigenvalue weighted by molar-refractivity contribution is 0.0683. The van der Waals surface area contributed by atoms with Crippen LogP contribution in [0.3, 0.4) is 0 Å². The molecular weight excluding hydrogens is 288 g/mol.